The molecule has 2 aromatic heterocycles. The van der Waals surface area contributed by atoms with Crippen molar-refractivity contribution in [3.8, 4) is 0 Å². The van der Waals surface area contributed by atoms with Gasteiger partial charge in [0.15, 0.2) is 5.17 Å². The number of nitrogens with zero attached hydrogens (tertiary/aromatic N) is 4. The zero-order valence-electron chi connectivity index (χ0n) is 14.8. The number of ether oxygens (including phenoxy) is 1. The second-order valence-electron chi connectivity index (χ2n) is 6.04. The highest BCUT2D eigenvalue weighted by atomic mass is 32.2. The Hall–Kier alpha value is -2.59. The molecule has 0 aliphatic carbocycles. The lowest BCUT2D eigenvalue weighted by atomic mass is 9.91. The molecule has 2 aromatic rings. The van der Waals surface area contributed by atoms with Gasteiger partial charge in [-0.15, -0.1) is 0 Å². The highest BCUT2D eigenvalue weighted by Crippen LogP contribution is 2.36. The summed E-state index contributed by atoms with van der Waals surface area (Å²) < 4.78 is 18.1. The Morgan fingerprint density at radius 2 is 2.26 bits per heavy atom. The highest BCUT2D eigenvalue weighted by molar-refractivity contribution is 8.13. The SMILES string of the molecule is CO[C@@H]1CSC(N)=N[C@]1(C)c1cc(NC(=O)c2cnc(CF)cn2)ccn1. The third-order valence-corrected chi connectivity index (χ3v) is 5.10. The monoisotopic (exact) mass is 390 g/mol. The number of methoxy groups -OCH3 is 1. The fourth-order valence-electron chi connectivity index (χ4n) is 2.70. The smallest absolute Gasteiger partial charge is 0.275 e. The lowest BCUT2D eigenvalue weighted by Gasteiger charge is -2.36. The number of pyridine rings is 1. The number of alkyl halides is 1. The standard InChI is InChI=1S/C17H19FN6O2S/c1-17(14(26-2)9-27-16(19)24-17)13-5-10(3-4-20-13)23-15(25)12-8-21-11(6-18)7-22-12/h3-5,7-8,14H,6,9H2,1-2H3,(H2,19,24)(H,20,23,25)/t14-,17-/m1/s1. The molecule has 2 atom stereocenters. The summed E-state index contributed by atoms with van der Waals surface area (Å²) in [4.78, 5) is 29.0. The van der Waals surface area contributed by atoms with Gasteiger partial charge in [0, 0.05) is 24.7 Å². The van der Waals surface area contributed by atoms with E-state index in [4.69, 9.17) is 10.5 Å². The number of thioether (sulfide) groups is 1. The molecule has 0 bridgehead atoms. The van der Waals surface area contributed by atoms with Crippen molar-refractivity contribution in [2.75, 3.05) is 18.2 Å². The van der Waals surface area contributed by atoms with Crippen molar-refractivity contribution < 1.29 is 13.9 Å². The summed E-state index contributed by atoms with van der Waals surface area (Å²) in [5.41, 5.74) is 6.52. The first kappa shape index (κ1) is 19.2. The van der Waals surface area contributed by atoms with Crippen LogP contribution in [0.3, 0.4) is 0 Å². The van der Waals surface area contributed by atoms with E-state index in [1.54, 1.807) is 25.4 Å². The van der Waals surface area contributed by atoms with Gasteiger partial charge in [-0.1, -0.05) is 11.8 Å². The van der Waals surface area contributed by atoms with Gasteiger partial charge in [0.2, 0.25) is 0 Å². The summed E-state index contributed by atoms with van der Waals surface area (Å²) in [7, 11) is 1.62. The number of nitrogens with one attached hydrogen (secondary N) is 1. The summed E-state index contributed by atoms with van der Waals surface area (Å²) in [5, 5.41) is 3.20. The van der Waals surface area contributed by atoms with Crippen molar-refractivity contribution in [1.29, 1.82) is 0 Å². The van der Waals surface area contributed by atoms with Crippen LogP contribution in [-0.2, 0) is 17.0 Å². The number of amidine groups is 1. The molecule has 1 aliphatic heterocycles. The maximum absolute atomic E-state index is 12.5. The van der Waals surface area contributed by atoms with Gasteiger partial charge in [0.1, 0.15) is 17.9 Å². The van der Waals surface area contributed by atoms with E-state index in [-0.39, 0.29) is 17.5 Å². The minimum absolute atomic E-state index is 0.0860. The molecular formula is C17H19FN6O2S. The molecule has 0 saturated heterocycles. The van der Waals surface area contributed by atoms with Crippen LogP contribution in [-0.4, -0.2) is 45.0 Å². The minimum Gasteiger partial charge on any atom is -0.379 e. The zero-order chi connectivity index (χ0) is 19.4. The summed E-state index contributed by atoms with van der Waals surface area (Å²) >= 11 is 1.43. The number of amides is 1. The van der Waals surface area contributed by atoms with Crippen LogP contribution in [0.15, 0.2) is 35.7 Å². The first-order valence-electron chi connectivity index (χ1n) is 8.12. The molecule has 0 saturated carbocycles. The van der Waals surface area contributed by atoms with Crippen LogP contribution < -0.4 is 11.1 Å². The number of nitrogens with two attached hydrogens (primary N) is 1. The van der Waals surface area contributed by atoms with E-state index in [1.165, 1.54) is 24.2 Å². The first-order valence-corrected chi connectivity index (χ1v) is 9.10. The van der Waals surface area contributed by atoms with Gasteiger partial charge >= 0.3 is 0 Å². The number of carbonyl (C=O) groups is 1. The fourth-order valence-corrected chi connectivity index (χ4v) is 3.73. The molecule has 27 heavy (non-hydrogen) atoms. The molecule has 0 unspecified atom stereocenters. The topological polar surface area (TPSA) is 115 Å². The largest absolute Gasteiger partial charge is 0.379 e. The van der Waals surface area contributed by atoms with E-state index in [1.807, 2.05) is 6.92 Å². The van der Waals surface area contributed by atoms with Crippen molar-refractivity contribution in [3.63, 3.8) is 0 Å². The van der Waals surface area contributed by atoms with Crippen molar-refractivity contribution in [2.24, 2.45) is 10.7 Å². The van der Waals surface area contributed by atoms with Crippen LogP contribution in [0.4, 0.5) is 10.1 Å². The lowest BCUT2D eigenvalue weighted by Crippen LogP contribution is -2.43. The molecule has 0 fully saturated rings. The normalized spacial score (nSPS) is 22.2. The number of hydrogen-bond donors (Lipinski definition) is 2. The Morgan fingerprint density at radius 1 is 1.44 bits per heavy atom. The highest BCUT2D eigenvalue weighted by Gasteiger charge is 2.40. The number of rotatable bonds is 5. The molecule has 0 aromatic carbocycles. The first-order chi connectivity index (χ1) is 13.0. The number of hydrogen-bond acceptors (Lipinski definition) is 8. The van der Waals surface area contributed by atoms with Gasteiger partial charge < -0.3 is 15.8 Å². The van der Waals surface area contributed by atoms with Gasteiger partial charge in [-0.3, -0.25) is 14.8 Å². The summed E-state index contributed by atoms with van der Waals surface area (Å²) in [6.45, 7) is 1.16. The average Bonchev–Trinajstić information content (AvgIpc) is 2.68. The van der Waals surface area contributed by atoms with Gasteiger partial charge in [-0.25, -0.2) is 14.4 Å². The number of anilines is 1. The van der Waals surface area contributed by atoms with Gasteiger partial charge in [0.05, 0.1) is 29.9 Å². The van der Waals surface area contributed by atoms with Crippen molar-refractivity contribution in [2.45, 2.75) is 25.2 Å². The van der Waals surface area contributed by atoms with E-state index in [0.29, 0.717) is 22.3 Å². The molecule has 142 valence electrons. The molecule has 0 radical (unpaired) electrons. The number of carbonyl (C=O) groups excluding carboxylic acids is 1. The molecule has 1 amide bonds. The predicted octanol–water partition coefficient (Wildman–Crippen LogP) is 1.89. The van der Waals surface area contributed by atoms with E-state index in [0.717, 1.165) is 0 Å². The number of aromatic nitrogens is 3. The molecule has 3 heterocycles. The molecule has 3 rings (SSSR count). The molecule has 10 heteroatoms. The van der Waals surface area contributed by atoms with Gasteiger partial charge in [-0.2, -0.15) is 0 Å². The van der Waals surface area contributed by atoms with Crippen molar-refractivity contribution >= 4 is 28.5 Å². The number of halogens is 1. The van der Waals surface area contributed by atoms with Crippen molar-refractivity contribution in [3.05, 3.63) is 47.8 Å². The number of aliphatic imine (C=N–C) groups is 1. The molecule has 1 aliphatic rings. The minimum atomic E-state index is -0.770. The summed E-state index contributed by atoms with van der Waals surface area (Å²) in [6, 6.07) is 3.38. The molecule has 0 spiro atoms. The molecular weight excluding hydrogens is 371 g/mol. The van der Waals surface area contributed by atoms with E-state index >= 15 is 0 Å². The molecule has 8 nitrogen and oxygen atoms in total. The van der Waals surface area contributed by atoms with E-state index in [9.17, 15) is 9.18 Å². The molecule has 3 N–H and O–H groups in total. The van der Waals surface area contributed by atoms with Gasteiger partial charge in [-0.05, 0) is 19.1 Å². The Morgan fingerprint density at radius 3 is 2.93 bits per heavy atom. The van der Waals surface area contributed by atoms with Crippen LogP contribution in [0.2, 0.25) is 0 Å². The summed E-state index contributed by atoms with van der Waals surface area (Å²) in [6.07, 6.45) is 3.83. The Bertz CT molecular complexity index is 863. The Balaban J connectivity index is 1.84. The zero-order valence-corrected chi connectivity index (χ0v) is 15.7. The Kier molecular flexibility index (Phi) is 5.66. The van der Waals surface area contributed by atoms with Crippen LogP contribution in [0.5, 0.6) is 0 Å². The predicted molar refractivity (Wildman–Crippen MR) is 101 cm³/mol. The third-order valence-electron chi connectivity index (χ3n) is 4.25. The second kappa shape index (κ2) is 7.97. The van der Waals surface area contributed by atoms with Gasteiger partial charge in [0.25, 0.3) is 5.91 Å². The third kappa shape index (κ3) is 4.06. The Labute approximate surface area is 159 Å². The van der Waals surface area contributed by atoms with E-state index in [2.05, 4.69) is 25.3 Å². The van der Waals surface area contributed by atoms with Crippen LogP contribution in [0.25, 0.3) is 0 Å². The average molecular weight is 390 g/mol. The summed E-state index contributed by atoms with van der Waals surface area (Å²) in [5.74, 6) is 0.192. The maximum Gasteiger partial charge on any atom is 0.275 e. The van der Waals surface area contributed by atoms with E-state index < -0.39 is 18.1 Å². The van der Waals surface area contributed by atoms with Crippen LogP contribution in [0, 0.1) is 0 Å². The van der Waals surface area contributed by atoms with Crippen molar-refractivity contribution in [1.82, 2.24) is 15.0 Å². The van der Waals surface area contributed by atoms with Crippen LogP contribution >= 0.6 is 11.8 Å². The fraction of sp³-hybridized carbons (Fsp3) is 0.353. The van der Waals surface area contributed by atoms with Crippen LogP contribution in [0.1, 0.15) is 28.8 Å². The second-order valence-corrected chi connectivity index (χ2v) is 7.08. The quantitative estimate of drug-likeness (QED) is 0.801. The lowest BCUT2D eigenvalue weighted by molar-refractivity contribution is 0.0576. The maximum atomic E-state index is 12.5.